The number of amides is 1. The standard InChI is InChI=1S/C16H23NO4/c1-11(2)12(3)9-15(18)17(4)13-5-7-14(8-6-13)21-10-16(19)20/h5-8,11-12H,9-10H2,1-4H3,(H,19,20). The molecule has 5 heteroatoms. The van der Waals surface area contributed by atoms with Gasteiger partial charge in [0.05, 0.1) is 0 Å². The average molecular weight is 293 g/mol. The van der Waals surface area contributed by atoms with Crippen LogP contribution in [0.3, 0.4) is 0 Å². The topological polar surface area (TPSA) is 66.8 Å². The van der Waals surface area contributed by atoms with E-state index < -0.39 is 5.97 Å². The third-order valence-electron chi connectivity index (χ3n) is 3.60. The Bertz CT molecular complexity index is 482. The van der Waals surface area contributed by atoms with Gasteiger partial charge >= 0.3 is 5.97 Å². The summed E-state index contributed by atoms with van der Waals surface area (Å²) in [6.07, 6.45) is 0.505. The number of carboxylic acids is 1. The SMILES string of the molecule is CC(C)C(C)CC(=O)N(C)c1ccc(OCC(=O)O)cc1. The van der Waals surface area contributed by atoms with Crippen LogP contribution in [0.1, 0.15) is 27.2 Å². The molecule has 1 rings (SSSR count). The van der Waals surface area contributed by atoms with Crippen LogP contribution < -0.4 is 9.64 Å². The van der Waals surface area contributed by atoms with Gasteiger partial charge in [0.2, 0.25) is 5.91 Å². The molecule has 0 bridgehead atoms. The van der Waals surface area contributed by atoms with Crippen molar-refractivity contribution in [1.29, 1.82) is 0 Å². The van der Waals surface area contributed by atoms with Crippen molar-refractivity contribution in [2.24, 2.45) is 11.8 Å². The molecule has 1 aromatic carbocycles. The molecule has 0 radical (unpaired) electrons. The normalized spacial score (nSPS) is 12.0. The molecule has 0 saturated carbocycles. The Hall–Kier alpha value is -2.04. The lowest BCUT2D eigenvalue weighted by molar-refractivity contribution is -0.139. The Morgan fingerprint density at radius 1 is 1.19 bits per heavy atom. The minimum absolute atomic E-state index is 0.0652. The first-order valence-electron chi connectivity index (χ1n) is 7.02. The van der Waals surface area contributed by atoms with E-state index in [1.54, 1.807) is 36.2 Å². The van der Waals surface area contributed by atoms with E-state index in [2.05, 4.69) is 20.8 Å². The molecule has 0 fully saturated rings. The molecule has 1 atom stereocenters. The molecule has 1 amide bonds. The predicted octanol–water partition coefficient (Wildman–Crippen LogP) is 2.80. The van der Waals surface area contributed by atoms with Gasteiger partial charge in [-0.15, -0.1) is 0 Å². The summed E-state index contributed by atoms with van der Waals surface area (Å²) in [4.78, 5) is 24.2. The molecular formula is C16H23NO4. The molecule has 21 heavy (non-hydrogen) atoms. The van der Waals surface area contributed by atoms with Gasteiger partial charge < -0.3 is 14.7 Å². The van der Waals surface area contributed by atoms with E-state index in [0.29, 0.717) is 24.0 Å². The number of carbonyl (C=O) groups excluding carboxylic acids is 1. The van der Waals surface area contributed by atoms with E-state index in [4.69, 9.17) is 9.84 Å². The van der Waals surface area contributed by atoms with Crippen LogP contribution in [0.5, 0.6) is 5.75 Å². The molecule has 0 heterocycles. The number of hydrogen-bond donors (Lipinski definition) is 1. The molecule has 0 aromatic heterocycles. The highest BCUT2D eigenvalue weighted by Crippen LogP contribution is 2.21. The van der Waals surface area contributed by atoms with Gasteiger partial charge in [-0.05, 0) is 36.1 Å². The van der Waals surface area contributed by atoms with Crippen LogP contribution in [0.2, 0.25) is 0 Å². The minimum Gasteiger partial charge on any atom is -0.482 e. The maximum absolute atomic E-state index is 12.2. The van der Waals surface area contributed by atoms with E-state index >= 15 is 0 Å². The molecule has 116 valence electrons. The summed E-state index contributed by atoms with van der Waals surface area (Å²) in [5.74, 6) is 0.314. The zero-order valence-corrected chi connectivity index (χ0v) is 13.0. The second-order valence-corrected chi connectivity index (χ2v) is 5.55. The predicted molar refractivity (Wildman–Crippen MR) is 81.6 cm³/mol. The first kappa shape index (κ1) is 17.0. The van der Waals surface area contributed by atoms with Crippen LogP contribution in [0.4, 0.5) is 5.69 Å². The Labute approximate surface area is 125 Å². The molecule has 1 aromatic rings. The van der Waals surface area contributed by atoms with Crippen LogP contribution in [0, 0.1) is 11.8 Å². The lowest BCUT2D eigenvalue weighted by Crippen LogP contribution is -2.28. The van der Waals surface area contributed by atoms with Gasteiger partial charge in [-0.2, -0.15) is 0 Å². The number of ether oxygens (including phenoxy) is 1. The van der Waals surface area contributed by atoms with Crippen LogP contribution in [0.15, 0.2) is 24.3 Å². The van der Waals surface area contributed by atoms with Crippen molar-refractivity contribution in [2.75, 3.05) is 18.6 Å². The van der Waals surface area contributed by atoms with E-state index in [0.717, 1.165) is 5.69 Å². The first-order chi connectivity index (χ1) is 9.81. The monoisotopic (exact) mass is 293 g/mol. The summed E-state index contributed by atoms with van der Waals surface area (Å²) < 4.78 is 5.06. The van der Waals surface area contributed by atoms with Gasteiger partial charge in [-0.25, -0.2) is 4.79 Å². The van der Waals surface area contributed by atoms with E-state index in [-0.39, 0.29) is 12.5 Å². The minimum atomic E-state index is -1.02. The maximum atomic E-state index is 12.2. The van der Waals surface area contributed by atoms with E-state index in [1.165, 1.54) is 0 Å². The summed E-state index contributed by atoms with van der Waals surface area (Å²) in [5, 5.41) is 8.54. The number of rotatable bonds is 7. The molecule has 1 unspecified atom stereocenters. The third kappa shape index (κ3) is 5.45. The van der Waals surface area contributed by atoms with Crippen molar-refractivity contribution < 1.29 is 19.4 Å². The van der Waals surface area contributed by atoms with E-state index in [9.17, 15) is 9.59 Å². The van der Waals surface area contributed by atoms with Crippen LogP contribution >= 0.6 is 0 Å². The number of nitrogens with zero attached hydrogens (tertiary/aromatic N) is 1. The maximum Gasteiger partial charge on any atom is 0.341 e. The lowest BCUT2D eigenvalue weighted by Gasteiger charge is -2.21. The average Bonchev–Trinajstić information content (AvgIpc) is 2.44. The molecular weight excluding hydrogens is 270 g/mol. The van der Waals surface area contributed by atoms with Crippen molar-refractivity contribution in [3.63, 3.8) is 0 Å². The molecule has 0 saturated heterocycles. The van der Waals surface area contributed by atoms with Crippen LogP contribution in [-0.4, -0.2) is 30.6 Å². The largest absolute Gasteiger partial charge is 0.482 e. The highest BCUT2D eigenvalue weighted by Gasteiger charge is 2.17. The summed E-state index contributed by atoms with van der Waals surface area (Å²) in [6.45, 7) is 5.90. The highest BCUT2D eigenvalue weighted by atomic mass is 16.5. The van der Waals surface area contributed by atoms with Crippen molar-refractivity contribution in [3.05, 3.63) is 24.3 Å². The Morgan fingerprint density at radius 3 is 2.24 bits per heavy atom. The number of aliphatic carboxylic acids is 1. The first-order valence-corrected chi connectivity index (χ1v) is 7.02. The molecule has 0 aliphatic heterocycles. The van der Waals surface area contributed by atoms with Crippen molar-refractivity contribution in [2.45, 2.75) is 27.2 Å². The second kappa shape index (κ2) is 7.67. The lowest BCUT2D eigenvalue weighted by atomic mass is 9.94. The van der Waals surface area contributed by atoms with Gasteiger partial charge in [-0.1, -0.05) is 20.8 Å². The number of anilines is 1. The van der Waals surface area contributed by atoms with Gasteiger partial charge in [-0.3, -0.25) is 4.79 Å². The summed E-state index contributed by atoms with van der Waals surface area (Å²) in [7, 11) is 1.74. The van der Waals surface area contributed by atoms with E-state index in [1.807, 2.05) is 0 Å². The zero-order valence-electron chi connectivity index (χ0n) is 13.0. The number of carbonyl (C=O) groups is 2. The van der Waals surface area contributed by atoms with Gasteiger partial charge in [0.25, 0.3) is 0 Å². The van der Waals surface area contributed by atoms with Gasteiger partial charge in [0, 0.05) is 19.2 Å². The summed E-state index contributed by atoms with van der Waals surface area (Å²) in [5.41, 5.74) is 0.763. The smallest absolute Gasteiger partial charge is 0.341 e. The van der Waals surface area contributed by atoms with Crippen molar-refractivity contribution >= 4 is 17.6 Å². The third-order valence-corrected chi connectivity index (χ3v) is 3.60. The molecule has 0 spiro atoms. The van der Waals surface area contributed by atoms with Crippen LogP contribution in [0.25, 0.3) is 0 Å². The van der Waals surface area contributed by atoms with Crippen LogP contribution in [-0.2, 0) is 9.59 Å². The van der Waals surface area contributed by atoms with Crippen molar-refractivity contribution in [3.8, 4) is 5.75 Å². The zero-order chi connectivity index (χ0) is 16.0. The fraction of sp³-hybridized carbons (Fsp3) is 0.500. The Balaban J connectivity index is 2.64. The highest BCUT2D eigenvalue weighted by molar-refractivity contribution is 5.92. The van der Waals surface area contributed by atoms with Gasteiger partial charge in [0.15, 0.2) is 6.61 Å². The van der Waals surface area contributed by atoms with Gasteiger partial charge in [0.1, 0.15) is 5.75 Å². The Kier molecular flexibility index (Phi) is 6.21. The number of benzene rings is 1. The Morgan fingerprint density at radius 2 is 1.76 bits per heavy atom. The quantitative estimate of drug-likeness (QED) is 0.839. The fourth-order valence-electron chi connectivity index (χ4n) is 1.70. The molecule has 0 aliphatic carbocycles. The molecule has 0 aliphatic rings. The summed E-state index contributed by atoms with van der Waals surface area (Å²) >= 11 is 0. The number of hydrogen-bond acceptors (Lipinski definition) is 3. The number of carboxylic acid groups (broad SMARTS) is 1. The summed E-state index contributed by atoms with van der Waals surface area (Å²) in [6, 6.07) is 6.81. The van der Waals surface area contributed by atoms with Crippen molar-refractivity contribution in [1.82, 2.24) is 0 Å². The fourth-order valence-corrected chi connectivity index (χ4v) is 1.70. The molecule has 1 N–H and O–H groups in total. The second-order valence-electron chi connectivity index (χ2n) is 5.55. The molecule has 5 nitrogen and oxygen atoms in total.